The molecule has 0 saturated heterocycles. The molecule has 0 spiro atoms. The van der Waals surface area contributed by atoms with Gasteiger partial charge in [-0.05, 0) is 50.1 Å². The molecule has 116 valence electrons. The number of anilines is 1. The lowest BCUT2D eigenvalue weighted by Crippen LogP contribution is -2.14. The van der Waals surface area contributed by atoms with Gasteiger partial charge in [0.2, 0.25) is 0 Å². The molecule has 0 bridgehead atoms. The minimum absolute atomic E-state index is 0.258. The van der Waals surface area contributed by atoms with Crippen LogP contribution in [-0.2, 0) is 0 Å². The van der Waals surface area contributed by atoms with Crippen molar-refractivity contribution in [2.75, 3.05) is 5.32 Å². The highest BCUT2D eigenvalue weighted by molar-refractivity contribution is 7.13. The molecule has 0 saturated carbocycles. The predicted molar refractivity (Wildman–Crippen MR) is 91.7 cm³/mol. The maximum atomic E-state index is 12.4. The average molecular weight is 324 g/mol. The molecule has 1 N–H and O–H groups in total. The minimum atomic E-state index is -0.258. The van der Waals surface area contributed by atoms with E-state index < -0.39 is 0 Å². The fourth-order valence-corrected chi connectivity index (χ4v) is 2.96. The summed E-state index contributed by atoms with van der Waals surface area (Å²) in [4.78, 5) is 25.2. The van der Waals surface area contributed by atoms with E-state index in [1.165, 1.54) is 11.3 Å². The molecule has 0 aliphatic carbocycles. The summed E-state index contributed by atoms with van der Waals surface area (Å²) < 4.78 is 0. The number of carbonyl (C=O) groups excluding carboxylic acids is 1. The zero-order chi connectivity index (χ0) is 16.4. The van der Waals surface area contributed by atoms with Gasteiger partial charge in [-0.15, -0.1) is 11.3 Å². The molecule has 3 rings (SSSR count). The second kappa shape index (κ2) is 6.26. The highest BCUT2D eigenvalue weighted by atomic mass is 32.1. The Labute approximate surface area is 138 Å². The Bertz CT molecular complexity index is 873. The largest absolute Gasteiger partial charge is 0.296 e. The molecule has 1 amide bonds. The fourth-order valence-electron chi connectivity index (χ4n) is 2.28. The highest BCUT2D eigenvalue weighted by Gasteiger charge is 2.13. The van der Waals surface area contributed by atoms with Crippen LogP contribution in [-0.4, -0.2) is 20.9 Å². The van der Waals surface area contributed by atoms with Gasteiger partial charge < -0.3 is 0 Å². The van der Waals surface area contributed by atoms with E-state index in [2.05, 4.69) is 20.3 Å². The van der Waals surface area contributed by atoms with Crippen molar-refractivity contribution in [3.63, 3.8) is 0 Å². The van der Waals surface area contributed by atoms with E-state index in [1.54, 1.807) is 18.5 Å². The van der Waals surface area contributed by atoms with Crippen molar-refractivity contribution >= 4 is 22.4 Å². The maximum absolute atomic E-state index is 12.4. The lowest BCUT2D eigenvalue weighted by atomic mass is 10.0. The van der Waals surface area contributed by atoms with Crippen LogP contribution in [0.4, 0.5) is 5.13 Å². The first-order chi connectivity index (χ1) is 11.0. The Morgan fingerprint density at radius 2 is 1.96 bits per heavy atom. The monoisotopic (exact) mass is 324 g/mol. The Morgan fingerprint density at radius 3 is 2.65 bits per heavy atom. The van der Waals surface area contributed by atoms with Crippen LogP contribution in [0.25, 0.3) is 11.1 Å². The summed E-state index contributed by atoms with van der Waals surface area (Å²) >= 11 is 1.40. The first-order valence-electron chi connectivity index (χ1n) is 7.16. The molecule has 0 aliphatic rings. The Balaban J connectivity index is 1.94. The molecule has 3 aromatic heterocycles. The van der Waals surface area contributed by atoms with Gasteiger partial charge in [0.1, 0.15) is 5.69 Å². The number of thiazole rings is 1. The zero-order valence-electron chi connectivity index (χ0n) is 13.1. The third kappa shape index (κ3) is 3.43. The first-order valence-corrected chi connectivity index (χ1v) is 8.04. The van der Waals surface area contributed by atoms with E-state index >= 15 is 0 Å². The van der Waals surface area contributed by atoms with Crippen molar-refractivity contribution in [3.8, 4) is 11.1 Å². The van der Waals surface area contributed by atoms with Crippen molar-refractivity contribution in [2.24, 2.45) is 0 Å². The topological polar surface area (TPSA) is 67.8 Å². The van der Waals surface area contributed by atoms with Gasteiger partial charge in [-0.3, -0.25) is 15.1 Å². The van der Waals surface area contributed by atoms with Gasteiger partial charge in [-0.25, -0.2) is 9.97 Å². The molecule has 6 heteroatoms. The summed E-state index contributed by atoms with van der Waals surface area (Å²) in [5.41, 5.74) is 5.07. The standard InChI is InChI=1S/C17H16N4OS/c1-10-4-5-18-8-14(10)13-6-11(2)19-15(7-13)16(22)21-17-20-12(3)9-23-17/h4-9H,1-3H3,(H,20,21,22). The average Bonchev–Trinajstić information content (AvgIpc) is 2.92. The Hall–Kier alpha value is -2.60. The lowest BCUT2D eigenvalue weighted by Gasteiger charge is -2.08. The van der Waals surface area contributed by atoms with Gasteiger partial charge in [0.15, 0.2) is 5.13 Å². The number of pyridine rings is 2. The van der Waals surface area contributed by atoms with Crippen molar-refractivity contribution in [1.82, 2.24) is 15.0 Å². The number of hydrogen-bond donors (Lipinski definition) is 1. The smallest absolute Gasteiger partial charge is 0.276 e. The minimum Gasteiger partial charge on any atom is -0.296 e. The number of nitrogens with zero attached hydrogens (tertiary/aromatic N) is 3. The first kappa shape index (κ1) is 15.3. The van der Waals surface area contributed by atoms with E-state index in [4.69, 9.17) is 0 Å². The summed E-state index contributed by atoms with van der Waals surface area (Å²) in [6, 6.07) is 5.68. The van der Waals surface area contributed by atoms with Crippen LogP contribution >= 0.6 is 11.3 Å². The highest BCUT2D eigenvalue weighted by Crippen LogP contribution is 2.24. The molecule has 0 aromatic carbocycles. The van der Waals surface area contributed by atoms with Gasteiger partial charge in [0.25, 0.3) is 5.91 Å². The number of rotatable bonds is 3. The number of hydrogen-bond acceptors (Lipinski definition) is 5. The number of carbonyl (C=O) groups is 1. The van der Waals surface area contributed by atoms with Crippen molar-refractivity contribution in [2.45, 2.75) is 20.8 Å². The van der Waals surface area contributed by atoms with Gasteiger partial charge in [-0.2, -0.15) is 0 Å². The van der Waals surface area contributed by atoms with Gasteiger partial charge in [0.05, 0.1) is 5.69 Å². The van der Waals surface area contributed by atoms with Crippen molar-refractivity contribution < 1.29 is 4.79 Å². The van der Waals surface area contributed by atoms with Crippen LogP contribution in [0.3, 0.4) is 0 Å². The number of aromatic nitrogens is 3. The van der Waals surface area contributed by atoms with Crippen LogP contribution in [0, 0.1) is 20.8 Å². The molecule has 0 aliphatic heterocycles. The third-order valence-electron chi connectivity index (χ3n) is 3.38. The van der Waals surface area contributed by atoms with Crippen molar-refractivity contribution in [3.05, 3.63) is 58.6 Å². The Morgan fingerprint density at radius 1 is 1.13 bits per heavy atom. The molecule has 5 nitrogen and oxygen atoms in total. The number of aryl methyl sites for hydroxylation is 3. The van der Waals surface area contributed by atoms with Gasteiger partial charge in [0, 0.05) is 29.0 Å². The molecule has 0 radical (unpaired) electrons. The molecule has 3 aromatic rings. The fraction of sp³-hybridized carbons (Fsp3) is 0.176. The zero-order valence-corrected chi connectivity index (χ0v) is 13.9. The predicted octanol–water partition coefficient (Wildman–Crippen LogP) is 3.78. The van der Waals surface area contributed by atoms with Crippen LogP contribution in [0.1, 0.15) is 27.4 Å². The van der Waals surface area contributed by atoms with Crippen LogP contribution < -0.4 is 5.32 Å². The summed E-state index contributed by atoms with van der Waals surface area (Å²) in [6.07, 6.45) is 3.56. The van der Waals surface area contributed by atoms with Gasteiger partial charge >= 0.3 is 0 Å². The van der Waals surface area contributed by atoms with E-state index in [0.29, 0.717) is 10.8 Å². The second-order valence-electron chi connectivity index (χ2n) is 5.32. The number of amides is 1. The summed E-state index contributed by atoms with van der Waals surface area (Å²) in [5, 5.41) is 5.26. The van der Waals surface area contributed by atoms with E-state index in [1.807, 2.05) is 38.3 Å². The summed E-state index contributed by atoms with van der Waals surface area (Å²) in [5.74, 6) is -0.258. The number of nitrogens with one attached hydrogen (secondary N) is 1. The quantitative estimate of drug-likeness (QED) is 0.796. The second-order valence-corrected chi connectivity index (χ2v) is 6.18. The third-order valence-corrected chi connectivity index (χ3v) is 4.25. The van der Waals surface area contributed by atoms with E-state index in [9.17, 15) is 4.79 Å². The normalized spacial score (nSPS) is 10.6. The molecule has 0 atom stereocenters. The molecule has 0 fully saturated rings. The van der Waals surface area contributed by atoms with Crippen LogP contribution in [0.15, 0.2) is 36.0 Å². The molecule has 23 heavy (non-hydrogen) atoms. The molecule has 0 unspecified atom stereocenters. The molecule has 3 heterocycles. The molecular formula is C17H16N4OS. The van der Waals surface area contributed by atoms with Gasteiger partial charge in [-0.1, -0.05) is 0 Å². The summed E-state index contributed by atoms with van der Waals surface area (Å²) in [6.45, 7) is 5.78. The van der Waals surface area contributed by atoms with Crippen LogP contribution in [0.2, 0.25) is 0 Å². The van der Waals surface area contributed by atoms with E-state index in [-0.39, 0.29) is 5.91 Å². The van der Waals surface area contributed by atoms with E-state index in [0.717, 1.165) is 28.1 Å². The van der Waals surface area contributed by atoms with Crippen LogP contribution in [0.5, 0.6) is 0 Å². The SMILES string of the molecule is Cc1cc(-c2cnccc2C)cc(C(=O)Nc2nc(C)cs2)n1. The van der Waals surface area contributed by atoms with Crippen molar-refractivity contribution in [1.29, 1.82) is 0 Å². The Kier molecular flexibility index (Phi) is 4.16. The maximum Gasteiger partial charge on any atom is 0.276 e. The molecular weight excluding hydrogens is 308 g/mol. The summed E-state index contributed by atoms with van der Waals surface area (Å²) in [7, 11) is 0. The lowest BCUT2D eigenvalue weighted by molar-refractivity contribution is 0.102.